The Hall–Kier alpha value is -0.770. The normalized spacial score (nSPS) is 12.3. The molecule has 3 heteroatoms. The second-order valence-electron chi connectivity index (χ2n) is 4.86. The fourth-order valence-electron chi connectivity index (χ4n) is 2.08. The van der Waals surface area contributed by atoms with Crippen LogP contribution in [0.1, 0.15) is 11.1 Å². The summed E-state index contributed by atoms with van der Waals surface area (Å²) in [5.41, 5.74) is 2.71. The topological polar surface area (TPSA) is 12.0 Å². The second kappa shape index (κ2) is 7.87. The van der Waals surface area contributed by atoms with Crippen molar-refractivity contribution in [1.82, 2.24) is 5.32 Å². The van der Waals surface area contributed by atoms with Gasteiger partial charge in [0.1, 0.15) is 0 Å². The Kier molecular flexibility index (Phi) is 6.14. The Labute approximate surface area is 134 Å². The summed E-state index contributed by atoms with van der Waals surface area (Å²) in [6, 6.07) is 17.5. The van der Waals surface area contributed by atoms with Gasteiger partial charge in [-0.15, -0.1) is 11.8 Å². The number of aryl methyl sites for hydroxylation is 1. The first-order valence-electron chi connectivity index (χ1n) is 6.80. The van der Waals surface area contributed by atoms with E-state index in [0.29, 0.717) is 6.04 Å². The number of nitrogens with one attached hydrogen (secondary N) is 1. The van der Waals surface area contributed by atoms with Crippen LogP contribution in [0.4, 0.5) is 0 Å². The van der Waals surface area contributed by atoms with E-state index < -0.39 is 0 Å². The number of thioether (sulfide) groups is 1. The van der Waals surface area contributed by atoms with E-state index in [-0.39, 0.29) is 0 Å². The summed E-state index contributed by atoms with van der Waals surface area (Å²) >= 11 is 5.55. The highest BCUT2D eigenvalue weighted by molar-refractivity contribution is 9.10. The van der Waals surface area contributed by atoms with Gasteiger partial charge in [0.05, 0.1) is 0 Å². The molecule has 0 radical (unpaired) electrons. The van der Waals surface area contributed by atoms with Gasteiger partial charge in [-0.3, -0.25) is 0 Å². The molecule has 0 aliphatic rings. The molecule has 1 N–H and O–H groups in total. The molecule has 106 valence electrons. The van der Waals surface area contributed by atoms with Gasteiger partial charge >= 0.3 is 0 Å². The van der Waals surface area contributed by atoms with Crippen molar-refractivity contribution in [3.05, 3.63) is 64.1 Å². The molecule has 0 amide bonds. The predicted molar refractivity (Wildman–Crippen MR) is 92.6 cm³/mol. The lowest BCUT2D eigenvalue weighted by molar-refractivity contribution is 0.616. The number of likely N-dealkylation sites (N-methyl/N-ethyl adjacent to an activating group) is 1. The molecule has 0 aliphatic heterocycles. The zero-order valence-corrected chi connectivity index (χ0v) is 14.3. The van der Waals surface area contributed by atoms with Crippen LogP contribution in [0.3, 0.4) is 0 Å². The van der Waals surface area contributed by atoms with Crippen LogP contribution in [0.5, 0.6) is 0 Å². The van der Waals surface area contributed by atoms with Gasteiger partial charge in [-0.2, -0.15) is 0 Å². The van der Waals surface area contributed by atoms with Crippen molar-refractivity contribution in [3.63, 3.8) is 0 Å². The maximum absolute atomic E-state index is 3.63. The molecule has 1 unspecified atom stereocenters. The van der Waals surface area contributed by atoms with Gasteiger partial charge in [-0.25, -0.2) is 0 Å². The third-order valence-electron chi connectivity index (χ3n) is 3.37. The minimum absolute atomic E-state index is 0.471. The molecule has 0 heterocycles. The third-order valence-corrected chi connectivity index (χ3v) is 5.48. The summed E-state index contributed by atoms with van der Waals surface area (Å²) in [5.74, 6) is 1.07. The van der Waals surface area contributed by atoms with E-state index in [0.717, 1.165) is 12.2 Å². The van der Waals surface area contributed by atoms with Gasteiger partial charge in [0.25, 0.3) is 0 Å². The summed E-state index contributed by atoms with van der Waals surface area (Å²) in [5, 5.41) is 3.43. The largest absolute Gasteiger partial charge is 0.316 e. The van der Waals surface area contributed by atoms with Crippen molar-refractivity contribution < 1.29 is 0 Å². The lowest BCUT2D eigenvalue weighted by atomic mass is 10.1. The highest BCUT2D eigenvalue weighted by Crippen LogP contribution is 2.24. The standard InChI is InChI=1S/C17H20BrNS/c1-13-7-3-6-10-17(13)20-12-15(19-2)11-14-8-4-5-9-16(14)18/h3-10,15,19H,11-12H2,1-2H3. The average molecular weight is 350 g/mol. The van der Waals surface area contributed by atoms with Crippen molar-refractivity contribution in [1.29, 1.82) is 0 Å². The molecule has 0 aliphatic carbocycles. The van der Waals surface area contributed by atoms with Gasteiger partial charge in [0, 0.05) is 21.2 Å². The van der Waals surface area contributed by atoms with Crippen molar-refractivity contribution in [2.75, 3.05) is 12.8 Å². The molecule has 0 bridgehead atoms. The van der Waals surface area contributed by atoms with E-state index in [2.05, 4.69) is 76.7 Å². The Morgan fingerprint density at radius 1 is 1.10 bits per heavy atom. The first kappa shape index (κ1) is 15.6. The fraction of sp³-hybridized carbons (Fsp3) is 0.294. The Balaban J connectivity index is 1.96. The smallest absolute Gasteiger partial charge is 0.0207 e. The summed E-state index contributed by atoms with van der Waals surface area (Å²) in [4.78, 5) is 1.37. The highest BCUT2D eigenvalue weighted by Gasteiger charge is 2.10. The molecule has 2 aromatic rings. The van der Waals surface area contributed by atoms with Gasteiger partial charge in [-0.1, -0.05) is 52.3 Å². The number of hydrogen-bond donors (Lipinski definition) is 1. The number of rotatable bonds is 6. The minimum Gasteiger partial charge on any atom is -0.316 e. The molecule has 20 heavy (non-hydrogen) atoms. The first-order valence-corrected chi connectivity index (χ1v) is 8.57. The Morgan fingerprint density at radius 2 is 1.80 bits per heavy atom. The molecule has 2 rings (SSSR count). The first-order chi connectivity index (χ1) is 9.70. The Bertz CT molecular complexity index is 556. The van der Waals surface area contributed by atoms with Crippen molar-refractivity contribution >= 4 is 27.7 Å². The van der Waals surface area contributed by atoms with Crippen LogP contribution in [0, 0.1) is 6.92 Å². The minimum atomic E-state index is 0.471. The van der Waals surface area contributed by atoms with Crippen LogP contribution in [0.2, 0.25) is 0 Å². The maximum Gasteiger partial charge on any atom is 0.0207 e. The number of hydrogen-bond acceptors (Lipinski definition) is 2. The molecule has 0 saturated heterocycles. The molecule has 1 nitrogen and oxygen atoms in total. The van der Waals surface area contributed by atoms with Crippen LogP contribution in [0.25, 0.3) is 0 Å². The van der Waals surface area contributed by atoms with Gasteiger partial charge < -0.3 is 5.32 Å². The van der Waals surface area contributed by atoms with E-state index in [1.165, 1.54) is 20.5 Å². The molecule has 0 fully saturated rings. The molecule has 0 saturated carbocycles. The second-order valence-corrected chi connectivity index (χ2v) is 6.77. The number of halogens is 1. The molecule has 1 atom stereocenters. The summed E-state index contributed by atoms with van der Waals surface area (Å²) in [7, 11) is 2.04. The van der Waals surface area contributed by atoms with E-state index in [9.17, 15) is 0 Å². The molecule has 0 spiro atoms. The van der Waals surface area contributed by atoms with Gasteiger partial charge in [-0.05, 0) is 43.7 Å². The van der Waals surface area contributed by atoms with Crippen LogP contribution in [-0.4, -0.2) is 18.8 Å². The summed E-state index contributed by atoms with van der Waals surface area (Å²) in [6.45, 7) is 2.17. The van der Waals surface area contributed by atoms with E-state index in [1.807, 2.05) is 18.8 Å². The predicted octanol–water partition coefficient (Wildman–Crippen LogP) is 4.68. The van der Waals surface area contributed by atoms with Crippen LogP contribution in [0.15, 0.2) is 57.9 Å². The van der Waals surface area contributed by atoms with E-state index in [1.54, 1.807) is 0 Å². The van der Waals surface area contributed by atoms with Crippen LogP contribution in [-0.2, 0) is 6.42 Å². The molecular formula is C17H20BrNS. The monoisotopic (exact) mass is 349 g/mol. The van der Waals surface area contributed by atoms with Crippen molar-refractivity contribution in [2.24, 2.45) is 0 Å². The summed E-state index contributed by atoms with van der Waals surface area (Å²) in [6.07, 6.45) is 1.04. The molecule has 0 aromatic heterocycles. The van der Waals surface area contributed by atoms with Crippen molar-refractivity contribution in [3.8, 4) is 0 Å². The summed E-state index contributed by atoms with van der Waals surface area (Å²) < 4.78 is 1.20. The van der Waals surface area contributed by atoms with Crippen LogP contribution >= 0.6 is 27.7 Å². The SMILES string of the molecule is CNC(CSc1ccccc1C)Cc1ccccc1Br. The van der Waals surface area contributed by atoms with E-state index in [4.69, 9.17) is 0 Å². The van der Waals surface area contributed by atoms with Gasteiger partial charge in [0.15, 0.2) is 0 Å². The Morgan fingerprint density at radius 3 is 2.50 bits per heavy atom. The van der Waals surface area contributed by atoms with E-state index >= 15 is 0 Å². The molecule has 2 aromatic carbocycles. The zero-order chi connectivity index (χ0) is 14.4. The fourth-order valence-corrected chi connectivity index (χ4v) is 3.66. The maximum atomic E-state index is 3.63. The molecular weight excluding hydrogens is 330 g/mol. The lowest BCUT2D eigenvalue weighted by Crippen LogP contribution is -2.30. The quantitative estimate of drug-likeness (QED) is 0.759. The highest BCUT2D eigenvalue weighted by atomic mass is 79.9. The third kappa shape index (κ3) is 4.37. The van der Waals surface area contributed by atoms with Gasteiger partial charge in [0.2, 0.25) is 0 Å². The van der Waals surface area contributed by atoms with Crippen molar-refractivity contribution in [2.45, 2.75) is 24.3 Å². The number of benzene rings is 2. The average Bonchev–Trinajstić information content (AvgIpc) is 2.47. The zero-order valence-electron chi connectivity index (χ0n) is 11.9. The van der Waals surface area contributed by atoms with Crippen LogP contribution < -0.4 is 5.32 Å². The lowest BCUT2D eigenvalue weighted by Gasteiger charge is -2.17.